The van der Waals surface area contributed by atoms with Gasteiger partial charge in [-0.25, -0.2) is 4.39 Å². The summed E-state index contributed by atoms with van der Waals surface area (Å²) in [5, 5.41) is 10.3. The van der Waals surface area contributed by atoms with Crippen LogP contribution in [0.2, 0.25) is 0 Å². The maximum absolute atomic E-state index is 13.1. The lowest BCUT2D eigenvalue weighted by Gasteiger charge is -2.14. The predicted molar refractivity (Wildman–Crippen MR) is 77.0 cm³/mol. The number of aryl methyl sites for hydroxylation is 1. The molecule has 20 heavy (non-hydrogen) atoms. The fraction of sp³-hybridized carbons (Fsp3) is 0.294. The van der Waals surface area contributed by atoms with Gasteiger partial charge in [0.25, 0.3) is 0 Å². The number of benzene rings is 2. The summed E-state index contributed by atoms with van der Waals surface area (Å²) in [5.41, 5.74) is 3.69. The molecule has 2 aromatic rings. The van der Waals surface area contributed by atoms with Crippen LogP contribution in [-0.4, -0.2) is 12.2 Å². The Bertz CT molecular complexity index is 581. The first kappa shape index (κ1) is 14.7. The molecule has 0 amide bonds. The van der Waals surface area contributed by atoms with Gasteiger partial charge in [0.05, 0.1) is 12.7 Å². The standard InChI is InChI=1S/C17H19FO2/c1-12-8-16(18)7-6-14(12)10-17(19)15-5-3-4-13(9-15)11-20-2/h3-9,17,19H,10-11H2,1-2H3. The molecule has 2 aromatic carbocycles. The second-order valence-electron chi connectivity index (χ2n) is 4.97. The lowest BCUT2D eigenvalue weighted by molar-refractivity contribution is 0.175. The average molecular weight is 274 g/mol. The van der Waals surface area contributed by atoms with Crippen molar-refractivity contribution in [3.05, 3.63) is 70.5 Å². The highest BCUT2D eigenvalue weighted by molar-refractivity contribution is 5.30. The molecule has 0 aromatic heterocycles. The van der Waals surface area contributed by atoms with Gasteiger partial charge in [-0.3, -0.25) is 0 Å². The van der Waals surface area contributed by atoms with Crippen LogP contribution in [0.5, 0.6) is 0 Å². The quantitative estimate of drug-likeness (QED) is 0.903. The summed E-state index contributed by atoms with van der Waals surface area (Å²) in [6.45, 7) is 2.38. The lowest BCUT2D eigenvalue weighted by atomic mass is 9.97. The first-order chi connectivity index (χ1) is 9.60. The normalized spacial score (nSPS) is 12.4. The number of rotatable bonds is 5. The van der Waals surface area contributed by atoms with Crippen molar-refractivity contribution in [2.45, 2.75) is 26.1 Å². The van der Waals surface area contributed by atoms with Crippen molar-refractivity contribution in [1.29, 1.82) is 0 Å². The summed E-state index contributed by atoms with van der Waals surface area (Å²) < 4.78 is 18.2. The van der Waals surface area contributed by atoms with Gasteiger partial charge >= 0.3 is 0 Å². The average Bonchev–Trinajstić information content (AvgIpc) is 2.42. The lowest BCUT2D eigenvalue weighted by Crippen LogP contribution is -2.04. The Hall–Kier alpha value is -1.71. The molecule has 1 unspecified atom stereocenters. The van der Waals surface area contributed by atoms with Gasteiger partial charge in [0.1, 0.15) is 5.82 Å². The Kier molecular flexibility index (Phi) is 4.88. The van der Waals surface area contributed by atoms with Crippen LogP contribution in [0.3, 0.4) is 0 Å². The molecular weight excluding hydrogens is 255 g/mol. The third-order valence-corrected chi connectivity index (χ3v) is 3.36. The molecule has 3 heteroatoms. The number of aliphatic hydroxyl groups is 1. The van der Waals surface area contributed by atoms with E-state index in [1.807, 2.05) is 31.2 Å². The molecule has 0 aliphatic carbocycles. The minimum absolute atomic E-state index is 0.247. The van der Waals surface area contributed by atoms with Crippen molar-refractivity contribution in [1.82, 2.24) is 0 Å². The maximum Gasteiger partial charge on any atom is 0.123 e. The van der Waals surface area contributed by atoms with E-state index >= 15 is 0 Å². The number of hydrogen-bond donors (Lipinski definition) is 1. The third-order valence-electron chi connectivity index (χ3n) is 3.36. The smallest absolute Gasteiger partial charge is 0.123 e. The molecular formula is C17H19FO2. The van der Waals surface area contributed by atoms with Crippen molar-refractivity contribution in [2.75, 3.05) is 7.11 Å². The molecule has 0 aliphatic heterocycles. The highest BCUT2D eigenvalue weighted by Crippen LogP contribution is 2.22. The zero-order valence-electron chi connectivity index (χ0n) is 11.8. The van der Waals surface area contributed by atoms with Crippen LogP contribution in [0, 0.1) is 12.7 Å². The van der Waals surface area contributed by atoms with E-state index in [1.54, 1.807) is 13.2 Å². The van der Waals surface area contributed by atoms with Gasteiger partial charge < -0.3 is 9.84 Å². The van der Waals surface area contributed by atoms with Gasteiger partial charge in [-0.15, -0.1) is 0 Å². The Balaban J connectivity index is 2.15. The Morgan fingerprint density at radius 2 is 2.00 bits per heavy atom. The van der Waals surface area contributed by atoms with Crippen LogP contribution in [0.15, 0.2) is 42.5 Å². The van der Waals surface area contributed by atoms with Crippen molar-refractivity contribution >= 4 is 0 Å². The van der Waals surface area contributed by atoms with Crippen LogP contribution >= 0.6 is 0 Å². The first-order valence-electron chi connectivity index (χ1n) is 6.61. The monoisotopic (exact) mass is 274 g/mol. The number of hydrogen-bond acceptors (Lipinski definition) is 2. The number of ether oxygens (including phenoxy) is 1. The fourth-order valence-electron chi connectivity index (χ4n) is 2.27. The zero-order valence-corrected chi connectivity index (χ0v) is 11.8. The molecule has 0 radical (unpaired) electrons. The van der Waals surface area contributed by atoms with Gasteiger partial charge in [-0.1, -0.05) is 30.3 Å². The molecule has 2 rings (SSSR count). The van der Waals surface area contributed by atoms with Crippen LogP contribution in [0.4, 0.5) is 4.39 Å². The topological polar surface area (TPSA) is 29.5 Å². The Morgan fingerprint density at radius 3 is 2.70 bits per heavy atom. The number of aliphatic hydroxyl groups excluding tert-OH is 1. The van der Waals surface area contributed by atoms with Gasteiger partial charge in [-0.05, 0) is 41.3 Å². The van der Waals surface area contributed by atoms with Gasteiger partial charge in [-0.2, -0.15) is 0 Å². The summed E-state index contributed by atoms with van der Waals surface area (Å²) in [6.07, 6.45) is -0.126. The molecule has 1 N–H and O–H groups in total. The molecule has 0 saturated heterocycles. The minimum Gasteiger partial charge on any atom is -0.388 e. The molecule has 1 atom stereocenters. The van der Waals surface area contributed by atoms with Gasteiger partial charge in [0.2, 0.25) is 0 Å². The first-order valence-corrected chi connectivity index (χ1v) is 6.61. The largest absolute Gasteiger partial charge is 0.388 e. The minimum atomic E-state index is -0.601. The van der Waals surface area contributed by atoms with Gasteiger partial charge in [0.15, 0.2) is 0 Å². The van der Waals surface area contributed by atoms with Crippen molar-refractivity contribution in [2.24, 2.45) is 0 Å². The molecule has 0 bridgehead atoms. The van der Waals surface area contributed by atoms with Crippen LogP contribution in [0.1, 0.15) is 28.4 Å². The van der Waals surface area contributed by atoms with E-state index in [0.717, 1.165) is 22.3 Å². The predicted octanol–water partition coefficient (Wildman–Crippen LogP) is 3.56. The van der Waals surface area contributed by atoms with E-state index in [9.17, 15) is 9.50 Å². The molecule has 0 heterocycles. The molecule has 106 valence electrons. The molecule has 0 aliphatic rings. The number of halogens is 1. The summed E-state index contributed by atoms with van der Waals surface area (Å²) in [7, 11) is 1.64. The zero-order chi connectivity index (χ0) is 14.5. The van der Waals surface area contributed by atoms with E-state index in [-0.39, 0.29) is 5.82 Å². The van der Waals surface area contributed by atoms with Crippen LogP contribution in [-0.2, 0) is 17.8 Å². The molecule has 0 fully saturated rings. The van der Waals surface area contributed by atoms with E-state index in [2.05, 4.69) is 0 Å². The molecule has 0 saturated carbocycles. The van der Waals surface area contributed by atoms with E-state index in [0.29, 0.717) is 13.0 Å². The summed E-state index contributed by atoms with van der Waals surface area (Å²) in [5.74, 6) is -0.247. The fourth-order valence-corrected chi connectivity index (χ4v) is 2.27. The SMILES string of the molecule is COCc1cccc(C(O)Cc2ccc(F)cc2C)c1. The Labute approximate surface area is 118 Å². The summed E-state index contributed by atoms with van der Waals surface area (Å²) >= 11 is 0. The summed E-state index contributed by atoms with van der Waals surface area (Å²) in [4.78, 5) is 0. The van der Waals surface area contributed by atoms with Crippen molar-refractivity contribution < 1.29 is 14.2 Å². The van der Waals surface area contributed by atoms with Crippen LogP contribution < -0.4 is 0 Å². The van der Waals surface area contributed by atoms with Crippen molar-refractivity contribution in [3.63, 3.8) is 0 Å². The van der Waals surface area contributed by atoms with Crippen LogP contribution in [0.25, 0.3) is 0 Å². The second kappa shape index (κ2) is 6.64. The van der Waals surface area contributed by atoms with E-state index in [4.69, 9.17) is 4.74 Å². The Morgan fingerprint density at radius 1 is 1.20 bits per heavy atom. The van der Waals surface area contributed by atoms with E-state index < -0.39 is 6.10 Å². The second-order valence-corrected chi connectivity index (χ2v) is 4.97. The number of methoxy groups -OCH3 is 1. The van der Waals surface area contributed by atoms with Gasteiger partial charge in [0, 0.05) is 13.5 Å². The maximum atomic E-state index is 13.1. The highest BCUT2D eigenvalue weighted by Gasteiger charge is 2.11. The van der Waals surface area contributed by atoms with E-state index in [1.165, 1.54) is 12.1 Å². The third kappa shape index (κ3) is 3.65. The molecule has 0 spiro atoms. The van der Waals surface area contributed by atoms with Crippen molar-refractivity contribution in [3.8, 4) is 0 Å². The summed E-state index contributed by atoms with van der Waals surface area (Å²) in [6, 6.07) is 12.3. The molecule has 2 nitrogen and oxygen atoms in total. The highest BCUT2D eigenvalue weighted by atomic mass is 19.1.